The summed E-state index contributed by atoms with van der Waals surface area (Å²) in [6.07, 6.45) is 0. The van der Waals surface area contributed by atoms with Gasteiger partial charge >= 0.3 is 0 Å². The highest BCUT2D eigenvalue weighted by atomic mass is 16.1. The van der Waals surface area contributed by atoms with E-state index in [0.29, 0.717) is 5.56 Å². The number of benzene rings is 1. The number of hydrogen-bond acceptors (Lipinski definition) is 5. The molecule has 0 radical (unpaired) electrons. The molecule has 0 amide bonds. The summed E-state index contributed by atoms with van der Waals surface area (Å²) in [7, 11) is 0. The molecule has 0 aliphatic heterocycles. The first-order chi connectivity index (χ1) is 8.11. The van der Waals surface area contributed by atoms with Crippen LogP contribution in [0.3, 0.4) is 0 Å². The van der Waals surface area contributed by atoms with Gasteiger partial charge in [0, 0.05) is 11.1 Å². The Morgan fingerprint density at radius 1 is 1.18 bits per heavy atom. The van der Waals surface area contributed by atoms with Gasteiger partial charge in [-0.3, -0.25) is 9.59 Å². The van der Waals surface area contributed by atoms with Crippen LogP contribution >= 0.6 is 0 Å². The van der Waals surface area contributed by atoms with E-state index in [1.54, 1.807) is 24.3 Å². The third-order valence-corrected chi connectivity index (χ3v) is 2.34. The van der Waals surface area contributed by atoms with Crippen LogP contribution in [-0.2, 0) is 0 Å². The number of aromatic nitrogens is 3. The zero-order chi connectivity index (χ0) is 12.4. The summed E-state index contributed by atoms with van der Waals surface area (Å²) < 4.78 is 0. The normalized spacial score (nSPS) is 10.2. The van der Waals surface area contributed by atoms with Crippen molar-refractivity contribution < 1.29 is 9.59 Å². The van der Waals surface area contributed by atoms with Crippen LogP contribution in [0.5, 0.6) is 0 Å². The smallest absolute Gasteiger partial charge is 0.217 e. The van der Waals surface area contributed by atoms with E-state index < -0.39 is 5.78 Å². The topological polar surface area (TPSA) is 102 Å². The van der Waals surface area contributed by atoms with E-state index in [1.807, 2.05) is 0 Å². The molecule has 1 aromatic carbocycles. The Labute approximate surface area is 96.8 Å². The Morgan fingerprint density at radius 2 is 1.82 bits per heavy atom. The Bertz CT molecular complexity index is 589. The van der Waals surface area contributed by atoms with Crippen molar-refractivity contribution in [2.24, 2.45) is 0 Å². The first-order valence-electron chi connectivity index (χ1n) is 4.92. The predicted octanol–water partition coefficient (Wildman–Crippen LogP) is 0.821. The fourth-order valence-corrected chi connectivity index (χ4v) is 1.52. The third kappa shape index (κ3) is 1.92. The predicted molar refractivity (Wildman–Crippen MR) is 60.7 cm³/mol. The molecule has 0 saturated heterocycles. The van der Waals surface area contributed by atoms with Gasteiger partial charge in [-0.15, -0.1) is 5.10 Å². The molecular formula is C11H10N4O2. The molecule has 3 N–H and O–H groups in total. The van der Waals surface area contributed by atoms with Crippen molar-refractivity contribution in [3.63, 3.8) is 0 Å². The number of ketones is 2. The summed E-state index contributed by atoms with van der Waals surface area (Å²) in [5.41, 5.74) is 6.15. The van der Waals surface area contributed by atoms with Crippen molar-refractivity contribution in [3.05, 3.63) is 41.1 Å². The number of Topliss-reactive ketones (excluding diaryl/α,β-unsaturated/α-hetero) is 1. The lowest BCUT2D eigenvalue weighted by molar-refractivity contribution is 0.0989. The lowest BCUT2D eigenvalue weighted by atomic mass is 9.99. The van der Waals surface area contributed by atoms with Gasteiger partial charge in [0.1, 0.15) is 0 Å². The number of nitrogens with one attached hydrogen (secondary N) is 1. The Hall–Kier alpha value is -2.50. The minimum Gasteiger partial charge on any atom is -0.380 e. The summed E-state index contributed by atoms with van der Waals surface area (Å²) >= 11 is 0. The third-order valence-electron chi connectivity index (χ3n) is 2.34. The van der Waals surface area contributed by atoms with E-state index >= 15 is 0 Å². The zero-order valence-electron chi connectivity index (χ0n) is 9.10. The highest BCUT2D eigenvalue weighted by Crippen LogP contribution is 2.16. The monoisotopic (exact) mass is 230 g/mol. The van der Waals surface area contributed by atoms with Crippen molar-refractivity contribution in [2.75, 3.05) is 5.73 Å². The van der Waals surface area contributed by atoms with Gasteiger partial charge in [0.05, 0.1) is 0 Å². The number of carbonyl (C=O) groups excluding carboxylic acids is 2. The second kappa shape index (κ2) is 4.17. The molecule has 0 atom stereocenters. The van der Waals surface area contributed by atoms with Crippen LogP contribution in [0, 0.1) is 0 Å². The number of nitrogens with two attached hydrogens (primary N) is 1. The highest BCUT2D eigenvalue weighted by Gasteiger charge is 2.20. The van der Waals surface area contributed by atoms with Crippen molar-refractivity contribution in [3.8, 4) is 0 Å². The van der Waals surface area contributed by atoms with Crippen LogP contribution < -0.4 is 5.73 Å². The number of nitrogen functional groups attached to an aromatic ring is 1. The van der Waals surface area contributed by atoms with Gasteiger partial charge in [-0.05, 0) is 6.92 Å². The molecule has 0 spiro atoms. The van der Waals surface area contributed by atoms with Gasteiger partial charge < -0.3 is 5.73 Å². The summed E-state index contributed by atoms with van der Waals surface area (Å²) in [6, 6.07) is 6.52. The Kier molecular flexibility index (Phi) is 2.70. The van der Waals surface area contributed by atoms with Crippen LogP contribution in [0.2, 0.25) is 0 Å². The lowest BCUT2D eigenvalue weighted by Gasteiger charge is -2.03. The fraction of sp³-hybridized carbons (Fsp3) is 0.0909. The van der Waals surface area contributed by atoms with Crippen LogP contribution in [-0.4, -0.2) is 27.0 Å². The molecule has 6 heteroatoms. The molecule has 86 valence electrons. The molecule has 0 unspecified atom stereocenters. The first kappa shape index (κ1) is 11.0. The average molecular weight is 230 g/mol. The number of anilines is 1. The Balaban J connectivity index is 2.52. The van der Waals surface area contributed by atoms with E-state index in [4.69, 9.17) is 5.73 Å². The van der Waals surface area contributed by atoms with E-state index in [-0.39, 0.29) is 22.9 Å². The van der Waals surface area contributed by atoms with Crippen LogP contribution in [0.25, 0.3) is 0 Å². The van der Waals surface area contributed by atoms with Gasteiger partial charge in [0.15, 0.2) is 17.3 Å². The standard InChI is InChI=1S/C11H10N4O2/c1-6(16)7-4-2-3-5-8(7)10(17)9-11(12)14-15-13-9/h2-5H,1H3,(H3,12,13,14,15). The average Bonchev–Trinajstić information content (AvgIpc) is 2.74. The number of hydrogen-bond donors (Lipinski definition) is 2. The number of nitrogens with zero attached hydrogens (tertiary/aromatic N) is 2. The molecule has 6 nitrogen and oxygen atoms in total. The largest absolute Gasteiger partial charge is 0.380 e. The zero-order valence-corrected chi connectivity index (χ0v) is 9.10. The summed E-state index contributed by atoms with van der Waals surface area (Å²) in [5.74, 6) is -0.577. The van der Waals surface area contributed by atoms with E-state index in [0.717, 1.165) is 0 Å². The summed E-state index contributed by atoms with van der Waals surface area (Å²) in [6.45, 7) is 1.40. The summed E-state index contributed by atoms with van der Waals surface area (Å²) in [5, 5.41) is 9.51. The first-order valence-corrected chi connectivity index (χ1v) is 4.92. The number of H-pyrrole nitrogens is 1. The van der Waals surface area contributed by atoms with Crippen molar-refractivity contribution in [1.82, 2.24) is 15.4 Å². The second-order valence-corrected chi connectivity index (χ2v) is 3.49. The van der Waals surface area contributed by atoms with Gasteiger partial charge in [0.2, 0.25) is 5.78 Å². The molecule has 1 heterocycles. The molecule has 0 aliphatic carbocycles. The van der Waals surface area contributed by atoms with Crippen molar-refractivity contribution >= 4 is 17.4 Å². The van der Waals surface area contributed by atoms with Crippen LogP contribution in [0.1, 0.15) is 33.3 Å². The molecular weight excluding hydrogens is 220 g/mol. The number of carbonyl (C=O) groups is 2. The fourth-order valence-electron chi connectivity index (χ4n) is 1.52. The van der Waals surface area contributed by atoms with Crippen LogP contribution in [0.15, 0.2) is 24.3 Å². The quantitative estimate of drug-likeness (QED) is 0.760. The van der Waals surface area contributed by atoms with E-state index in [2.05, 4.69) is 15.4 Å². The van der Waals surface area contributed by atoms with E-state index in [9.17, 15) is 9.59 Å². The van der Waals surface area contributed by atoms with Gasteiger partial charge in [-0.1, -0.05) is 24.3 Å². The number of aromatic amines is 1. The maximum absolute atomic E-state index is 12.1. The SMILES string of the molecule is CC(=O)c1ccccc1C(=O)c1n[nH]nc1N. The Morgan fingerprint density at radius 3 is 2.35 bits per heavy atom. The molecule has 0 bridgehead atoms. The van der Waals surface area contributed by atoms with Crippen LogP contribution in [0.4, 0.5) is 5.82 Å². The highest BCUT2D eigenvalue weighted by molar-refractivity contribution is 6.16. The maximum Gasteiger partial charge on any atom is 0.217 e. The van der Waals surface area contributed by atoms with Gasteiger partial charge in [-0.25, -0.2) is 0 Å². The lowest BCUT2D eigenvalue weighted by Crippen LogP contribution is -2.10. The van der Waals surface area contributed by atoms with Crippen molar-refractivity contribution in [2.45, 2.75) is 6.92 Å². The molecule has 2 rings (SSSR count). The molecule has 1 aromatic heterocycles. The minimum absolute atomic E-state index is 0.0216. The van der Waals surface area contributed by atoms with Crippen molar-refractivity contribution in [1.29, 1.82) is 0 Å². The second-order valence-electron chi connectivity index (χ2n) is 3.49. The minimum atomic E-state index is -0.415. The molecule has 2 aromatic rings. The molecule has 0 aliphatic rings. The van der Waals surface area contributed by atoms with Gasteiger partial charge in [-0.2, -0.15) is 10.3 Å². The van der Waals surface area contributed by atoms with E-state index in [1.165, 1.54) is 6.92 Å². The molecule has 17 heavy (non-hydrogen) atoms. The maximum atomic E-state index is 12.1. The summed E-state index contributed by atoms with van der Waals surface area (Å²) in [4.78, 5) is 23.5. The number of rotatable bonds is 3. The molecule has 0 saturated carbocycles. The van der Waals surface area contributed by atoms with Gasteiger partial charge in [0.25, 0.3) is 0 Å². The molecule has 0 fully saturated rings.